The van der Waals surface area contributed by atoms with Crippen LogP contribution in [0.5, 0.6) is 0 Å². The van der Waals surface area contributed by atoms with Crippen LogP contribution in [0, 0.1) is 19.8 Å². The summed E-state index contributed by atoms with van der Waals surface area (Å²) < 4.78 is 1.66. The topological polar surface area (TPSA) is 93.9 Å². The van der Waals surface area contributed by atoms with Crippen LogP contribution in [0.2, 0.25) is 10.2 Å². The van der Waals surface area contributed by atoms with Crippen molar-refractivity contribution < 1.29 is 14.4 Å². The van der Waals surface area contributed by atoms with Crippen molar-refractivity contribution in [3.63, 3.8) is 0 Å². The molecule has 2 unspecified atom stereocenters. The van der Waals surface area contributed by atoms with Crippen LogP contribution in [-0.2, 0) is 9.59 Å². The molecule has 0 spiro atoms. The van der Waals surface area contributed by atoms with Crippen molar-refractivity contribution in [2.24, 2.45) is 5.92 Å². The summed E-state index contributed by atoms with van der Waals surface area (Å²) in [7, 11) is 0. The third-order valence-corrected chi connectivity index (χ3v) is 6.27. The molecule has 1 amide bonds. The van der Waals surface area contributed by atoms with Crippen LogP contribution in [-0.4, -0.2) is 38.8 Å². The van der Waals surface area contributed by atoms with E-state index < -0.39 is 11.8 Å². The third-order valence-electron chi connectivity index (χ3n) is 5.87. The maximum atomic E-state index is 13.2. The monoisotopic (exact) mass is 484 g/mol. The summed E-state index contributed by atoms with van der Waals surface area (Å²) >= 11 is 11.8. The van der Waals surface area contributed by atoms with Gasteiger partial charge in [0.25, 0.3) is 5.91 Å². The van der Waals surface area contributed by atoms with Gasteiger partial charge in [-0.15, -0.1) is 0 Å². The number of rotatable bonds is 6. The van der Waals surface area contributed by atoms with E-state index in [0.717, 1.165) is 22.4 Å². The van der Waals surface area contributed by atoms with Gasteiger partial charge in [-0.25, -0.2) is 9.67 Å². The SMILES string of the molecule is Cc1cc(-n2cc(Cl)cn2)cc(C)c1C1C(=O)CC(CCNC(=O)c2cccc(Cl)n2)C1=O. The second-order valence-corrected chi connectivity index (χ2v) is 9.01. The minimum absolute atomic E-state index is 0.0890. The molecule has 33 heavy (non-hydrogen) atoms. The number of aryl methyl sites for hydroxylation is 2. The van der Waals surface area contributed by atoms with Crippen molar-refractivity contribution in [2.45, 2.75) is 32.6 Å². The lowest BCUT2D eigenvalue weighted by Gasteiger charge is -2.17. The number of hydrogen-bond acceptors (Lipinski definition) is 5. The molecule has 1 aromatic carbocycles. The molecule has 4 rings (SSSR count). The highest BCUT2D eigenvalue weighted by Gasteiger charge is 2.42. The van der Waals surface area contributed by atoms with Crippen LogP contribution >= 0.6 is 23.2 Å². The molecule has 1 saturated carbocycles. The standard InChI is InChI=1S/C24H22Cl2N4O3/c1-13-8-17(30-12-16(25)11-28-30)9-14(2)21(13)22-19(31)10-15(23(22)32)6-7-27-24(33)18-4-3-5-20(26)29-18/h3-5,8-9,11-12,15,22H,6-7,10H2,1-2H3,(H,27,33). The number of carbonyl (C=O) groups is 3. The first-order valence-corrected chi connectivity index (χ1v) is 11.3. The van der Waals surface area contributed by atoms with E-state index in [4.69, 9.17) is 23.2 Å². The van der Waals surface area contributed by atoms with Gasteiger partial charge in [0.1, 0.15) is 22.5 Å². The minimum atomic E-state index is -0.782. The summed E-state index contributed by atoms with van der Waals surface area (Å²) in [5.74, 6) is -1.77. The van der Waals surface area contributed by atoms with Crippen LogP contribution in [0.1, 0.15) is 45.9 Å². The molecule has 2 heterocycles. The molecule has 3 aromatic rings. The molecule has 7 nitrogen and oxygen atoms in total. The van der Waals surface area contributed by atoms with E-state index in [1.54, 1.807) is 35.3 Å². The van der Waals surface area contributed by atoms with Crippen LogP contribution in [0.15, 0.2) is 42.7 Å². The zero-order chi connectivity index (χ0) is 23.7. The first kappa shape index (κ1) is 23.1. The first-order valence-electron chi connectivity index (χ1n) is 10.5. The van der Waals surface area contributed by atoms with Crippen LogP contribution in [0.25, 0.3) is 5.69 Å². The molecule has 0 saturated heterocycles. The Bertz CT molecular complexity index is 1230. The Morgan fingerprint density at radius 3 is 2.55 bits per heavy atom. The molecular formula is C24H22Cl2N4O3. The van der Waals surface area contributed by atoms with Crippen molar-refractivity contribution in [2.75, 3.05) is 6.54 Å². The summed E-state index contributed by atoms with van der Waals surface area (Å²) in [4.78, 5) is 42.2. The van der Waals surface area contributed by atoms with Gasteiger partial charge >= 0.3 is 0 Å². The van der Waals surface area contributed by atoms with Crippen LogP contribution < -0.4 is 5.32 Å². The number of benzene rings is 1. The first-order chi connectivity index (χ1) is 15.7. The molecule has 170 valence electrons. The number of nitrogens with zero attached hydrogens (tertiary/aromatic N) is 3. The number of hydrogen-bond donors (Lipinski definition) is 1. The Kier molecular flexibility index (Phi) is 6.63. The smallest absolute Gasteiger partial charge is 0.269 e. The highest BCUT2D eigenvalue weighted by atomic mass is 35.5. The van der Waals surface area contributed by atoms with Crippen molar-refractivity contribution in [3.05, 3.63) is 75.3 Å². The van der Waals surface area contributed by atoms with Gasteiger partial charge in [-0.3, -0.25) is 14.4 Å². The second kappa shape index (κ2) is 9.45. The van der Waals surface area contributed by atoms with Gasteiger partial charge in [0.05, 0.1) is 16.9 Å². The van der Waals surface area contributed by atoms with Gasteiger partial charge < -0.3 is 5.32 Å². The zero-order valence-electron chi connectivity index (χ0n) is 18.1. The summed E-state index contributed by atoms with van der Waals surface area (Å²) in [5, 5.41) is 7.72. The van der Waals surface area contributed by atoms with E-state index in [1.165, 1.54) is 0 Å². The number of aromatic nitrogens is 3. The van der Waals surface area contributed by atoms with Crippen molar-refractivity contribution in [1.29, 1.82) is 0 Å². The fraction of sp³-hybridized carbons (Fsp3) is 0.292. The maximum Gasteiger partial charge on any atom is 0.269 e. The molecule has 0 aliphatic heterocycles. The molecule has 2 atom stereocenters. The summed E-state index contributed by atoms with van der Waals surface area (Å²) in [5.41, 5.74) is 3.47. The van der Waals surface area contributed by atoms with Gasteiger partial charge in [0.2, 0.25) is 0 Å². The molecule has 9 heteroatoms. The predicted octanol–water partition coefficient (Wildman–Crippen LogP) is 4.25. The normalized spacial score (nSPS) is 18.1. The number of carbonyl (C=O) groups excluding carboxylic acids is 3. The van der Waals surface area contributed by atoms with E-state index in [1.807, 2.05) is 26.0 Å². The molecule has 2 aromatic heterocycles. The molecular weight excluding hydrogens is 463 g/mol. The van der Waals surface area contributed by atoms with Gasteiger partial charge in [-0.2, -0.15) is 5.10 Å². The minimum Gasteiger partial charge on any atom is -0.351 e. The Labute approximate surface area is 201 Å². The lowest BCUT2D eigenvalue weighted by atomic mass is 9.87. The average molecular weight is 485 g/mol. The van der Waals surface area contributed by atoms with E-state index >= 15 is 0 Å². The average Bonchev–Trinajstić information content (AvgIpc) is 3.31. The number of Topliss-reactive ketones (excluding diaryl/α,β-unsaturated/α-hetero) is 2. The molecule has 1 aliphatic rings. The second-order valence-electron chi connectivity index (χ2n) is 8.19. The molecule has 0 bridgehead atoms. The highest BCUT2D eigenvalue weighted by molar-refractivity contribution is 6.30. The van der Waals surface area contributed by atoms with E-state index in [2.05, 4.69) is 15.4 Å². The number of halogens is 2. The predicted molar refractivity (Wildman–Crippen MR) is 125 cm³/mol. The molecule has 1 N–H and O–H groups in total. The van der Waals surface area contributed by atoms with Crippen LogP contribution in [0.4, 0.5) is 0 Å². The fourth-order valence-electron chi connectivity index (χ4n) is 4.37. The molecule has 0 radical (unpaired) electrons. The summed E-state index contributed by atoms with van der Waals surface area (Å²) in [6.07, 6.45) is 3.81. The van der Waals surface area contributed by atoms with Crippen molar-refractivity contribution in [1.82, 2.24) is 20.1 Å². The number of ketones is 2. The summed E-state index contributed by atoms with van der Waals surface area (Å²) in [6.45, 7) is 4.05. The Morgan fingerprint density at radius 1 is 1.18 bits per heavy atom. The van der Waals surface area contributed by atoms with Crippen LogP contribution in [0.3, 0.4) is 0 Å². The number of nitrogens with one attached hydrogen (secondary N) is 1. The van der Waals surface area contributed by atoms with Gasteiger partial charge in [0, 0.05) is 25.1 Å². The van der Waals surface area contributed by atoms with E-state index in [9.17, 15) is 14.4 Å². The quantitative estimate of drug-likeness (QED) is 0.416. The Morgan fingerprint density at radius 2 is 1.91 bits per heavy atom. The number of pyridine rings is 1. The lowest BCUT2D eigenvalue weighted by molar-refractivity contribution is -0.124. The third kappa shape index (κ3) is 4.84. The van der Waals surface area contributed by atoms with E-state index in [-0.39, 0.29) is 41.3 Å². The van der Waals surface area contributed by atoms with Crippen molar-refractivity contribution in [3.8, 4) is 5.69 Å². The van der Waals surface area contributed by atoms with Crippen molar-refractivity contribution >= 4 is 40.7 Å². The van der Waals surface area contributed by atoms with Gasteiger partial charge in [-0.05, 0) is 61.2 Å². The Balaban J connectivity index is 1.45. The molecule has 1 aliphatic carbocycles. The summed E-state index contributed by atoms with van der Waals surface area (Å²) in [6, 6.07) is 8.59. The van der Waals surface area contributed by atoms with Gasteiger partial charge in [0.15, 0.2) is 5.78 Å². The van der Waals surface area contributed by atoms with Gasteiger partial charge in [-0.1, -0.05) is 29.3 Å². The number of amides is 1. The molecule has 1 fully saturated rings. The Hall–Kier alpha value is -3.03. The highest BCUT2D eigenvalue weighted by Crippen LogP contribution is 2.37. The maximum absolute atomic E-state index is 13.2. The fourth-order valence-corrected chi connectivity index (χ4v) is 4.67. The van der Waals surface area contributed by atoms with E-state index in [0.29, 0.717) is 11.4 Å². The largest absolute Gasteiger partial charge is 0.351 e. The zero-order valence-corrected chi connectivity index (χ0v) is 19.7. The lowest BCUT2D eigenvalue weighted by Crippen LogP contribution is -2.28.